The van der Waals surface area contributed by atoms with Crippen LogP contribution in [0.3, 0.4) is 0 Å². The molecule has 0 aromatic rings. The van der Waals surface area contributed by atoms with Gasteiger partial charge in [-0.15, -0.1) is 0 Å². The van der Waals surface area contributed by atoms with Crippen LogP contribution in [0, 0.1) is 23.7 Å². The molecule has 0 aromatic heterocycles. The standard InChI is InChI=1S/C10H16O2S/c11-13(12)10-8-2-6-1-7(4-8)5-9(10)3-6/h6-10,13H,1-5H2. The third-order valence-corrected chi connectivity index (χ3v) is 5.75. The molecule has 4 rings (SSSR count). The number of rotatable bonds is 1. The molecule has 0 aliphatic heterocycles. The van der Waals surface area contributed by atoms with Gasteiger partial charge in [0, 0.05) is 0 Å². The van der Waals surface area contributed by atoms with E-state index < -0.39 is 10.7 Å². The normalized spacial score (nSPS) is 53.2. The molecule has 0 heterocycles. The van der Waals surface area contributed by atoms with Crippen LogP contribution in [0.5, 0.6) is 0 Å². The average molecular weight is 200 g/mol. The molecule has 74 valence electrons. The summed E-state index contributed by atoms with van der Waals surface area (Å²) in [5.74, 6) is 2.84. The first-order chi connectivity index (χ1) is 6.24. The Bertz CT molecular complexity index is 259. The van der Waals surface area contributed by atoms with E-state index >= 15 is 0 Å². The molecule has 0 radical (unpaired) electrons. The van der Waals surface area contributed by atoms with E-state index in [0.717, 1.165) is 11.8 Å². The lowest BCUT2D eigenvalue weighted by Crippen LogP contribution is -2.48. The van der Waals surface area contributed by atoms with Gasteiger partial charge in [-0.05, 0) is 55.8 Å². The van der Waals surface area contributed by atoms with E-state index in [2.05, 4.69) is 0 Å². The Labute approximate surface area is 80.7 Å². The van der Waals surface area contributed by atoms with Crippen molar-refractivity contribution < 1.29 is 8.42 Å². The lowest BCUT2D eigenvalue weighted by atomic mass is 9.56. The second-order valence-electron chi connectivity index (χ2n) is 5.21. The van der Waals surface area contributed by atoms with Crippen LogP contribution in [0.25, 0.3) is 0 Å². The lowest BCUT2D eigenvalue weighted by molar-refractivity contribution is 0.0248. The Hall–Kier alpha value is -0.0500. The van der Waals surface area contributed by atoms with E-state index in [4.69, 9.17) is 0 Å². The fraction of sp³-hybridized carbons (Fsp3) is 1.00. The minimum absolute atomic E-state index is 0.0581. The zero-order valence-corrected chi connectivity index (χ0v) is 8.58. The third kappa shape index (κ3) is 1.16. The predicted octanol–water partition coefficient (Wildman–Crippen LogP) is 1.42. The topological polar surface area (TPSA) is 34.1 Å². The van der Waals surface area contributed by atoms with Gasteiger partial charge in [-0.25, -0.2) is 8.42 Å². The first-order valence-electron chi connectivity index (χ1n) is 5.37. The fourth-order valence-corrected chi connectivity index (χ4v) is 5.42. The maximum Gasteiger partial charge on any atom is 0.143 e. The molecule has 0 aromatic carbocycles. The summed E-state index contributed by atoms with van der Waals surface area (Å²) in [5.41, 5.74) is 0. The van der Waals surface area contributed by atoms with E-state index in [9.17, 15) is 8.42 Å². The molecule has 0 N–H and O–H groups in total. The molecule has 0 unspecified atom stereocenters. The molecule has 4 aliphatic rings. The lowest BCUT2D eigenvalue weighted by Gasteiger charge is -2.52. The molecule has 0 amide bonds. The number of hydrogen-bond acceptors (Lipinski definition) is 2. The SMILES string of the molecule is O=[SH](=O)C1C2CC3CC(C2)CC1C3. The quantitative estimate of drug-likeness (QED) is 0.650. The summed E-state index contributed by atoms with van der Waals surface area (Å²) in [6.07, 6.45) is 6.24. The fourth-order valence-electron chi connectivity index (χ4n) is 4.24. The minimum atomic E-state index is -2.15. The zero-order chi connectivity index (χ0) is 9.00. The van der Waals surface area contributed by atoms with Crippen molar-refractivity contribution in [3.8, 4) is 0 Å². The molecule has 13 heavy (non-hydrogen) atoms. The smallest absolute Gasteiger partial charge is 0.143 e. The maximum atomic E-state index is 11.1. The van der Waals surface area contributed by atoms with Gasteiger partial charge in [-0.2, -0.15) is 0 Å². The van der Waals surface area contributed by atoms with Gasteiger partial charge in [0.2, 0.25) is 0 Å². The van der Waals surface area contributed by atoms with Crippen LogP contribution in [0.15, 0.2) is 0 Å². The maximum absolute atomic E-state index is 11.1. The van der Waals surface area contributed by atoms with Crippen LogP contribution in [-0.4, -0.2) is 13.7 Å². The summed E-state index contributed by atoms with van der Waals surface area (Å²) in [6, 6.07) is 0. The highest BCUT2D eigenvalue weighted by Gasteiger charge is 2.49. The molecule has 4 aliphatic carbocycles. The third-order valence-electron chi connectivity index (χ3n) is 4.42. The van der Waals surface area contributed by atoms with Crippen LogP contribution in [0.2, 0.25) is 0 Å². The van der Waals surface area contributed by atoms with E-state index in [1.165, 1.54) is 32.1 Å². The van der Waals surface area contributed by atoms with Crippen molar-refractivity contribution >= 4 is 10.7 Å². The molecule has 0 saturated heterocycles. The second kappa shape index (κ2) is 2.72. The molecular weight excluding hydrogens is 184 g/mol. The van der Waals surface area contributed by atoms with Crippen LogP contribution in [0.1, 0.15) is 32.1 Å². The van der Waals surface area contributed by atoms with E-state index in [1.807, 2.05) is 0 Å². The van der Waals surface area contributed by atoms with Crippen molar-refractivity contribution in [3.05, 3.63) is 0 Å². The van der Waals surface area contributed by atoms with Gasteiger partial charge >= 0.3 is 0 Å². The summed E-state index contributed by atoms with van der Waals surface area (Å²) in [6.45, 7) is 0. The molecule has 4 bridgehead atoms. The first kappa shape index (κ1) is 8.27. The van der Waals surface area contributed by atoms with E-state index in [1.54, 1.807) is 0 Å². The van der Waals surface area contributed by atoms with Crippen molar-refractivity contribution in [2.24, 2.45) is 23.7 Å². The Morgan fingerprint density at radius 2 is 1.23 bits per heavy atom. The van der Waals surface area contributed by atoms with Crippen LogP contribution in [0.4, 0.5) is 0 Å². The molecule has 0 spiro atoms. The molecule has 4 saturated carbocycles. The Kier molecular flexibility index (Phi) is 1.73. The van der Waals surface area contributed by atoms with E-state index in [0.29, 0.717) is 11.8 Å². The highest BCUT2D eigenvalue weighted by atomic mass is 32.2. The summed E-state index contributed by atoms with van der Waals surface area (Å²) in [7, 11) is -2.15. The van der Waals surface area contributed by atoms with Gasteiger partial charge in [0.1, 0.15) is 10.7 Å². The zero-order valence-electron chi connectivity index (χ0n) is 7.69. The predicted molar refractivity (Wildman–Crippen MR) is 51.1 cm³/mol. The molecule has 0 atom stereocenters. The van der Waals surface area contributed by atoms with Crippen LogP contribution < -0.4 is 0 Å². The summed E-state index contributed by atoms with van der Waals surface area (Å²) < 4.78 is 22.3. The van der Waals surface area contributed by atoms with Crippen LogP contribution >= 0.6 is 0 Å². The van der Waals surface area contributed by atoms with Crippen molar-refractivity contribution in [1.82, 2.24) is 0 Å². The van der Waals surface area contributed by atoms with Crippen LogP contribution in [-0.2, 0) is 10.7 Å². The molecule has 4 fully saturated rings. The van der Waals surface area contributed by atoms with Gasteiger partial charge in [0.25, 0.3) is 0 Å². The van der Waals surface area contributed by atoms with Gasteiger partial charge in [-0.1, -0.05) is 0 Å². The molecular formula is C10H16O2S. The van der Waals surface area contributed by atoms with Crippen molar-refractivity contribution in [1.29, 1.82) is 0 Å². The molecule has 3 heteroatoms. The average Bonchev–Trinajstić information content (AvgIpc) is 2.00. The van der Waals surface area contributed by atoms with Crippen molar-refractivity contribution in [2.75, 3.05) is 0 Å². The Morgan fingerprint density at radius 1 is 0.769 bits per heavy atom. The Morgan fingerprint density at radius 3 is 1.62 bits per heavy atom. The monoisotopic (exact) mass is 200 g/mol. The minimum Gasteiger partial charge on any atom is -0.232 e. The summed E-state index contributed by atoms with van der Waals surface area (Å²) >= 11 is 0. The van der Waals surface area contributed by atoms with Crippen molar-refractivity contribution in [3.63, 3.8) is 0 Å². The van der Waals surface area contributed by atoms with Gasteiger partial charge in [-0.3, -0.25) is 0 Å². The Balaban J connectivity index is 1.93. The number of thiol groups is 1. The summed E-state index contributed by atoms with van der Waals surface area (Å²) in [4.78, 5) is 0. The van der Waals surface area contributed by atoms with Gasteiger partial charge < -0.3 is 0 Å². The highest BCUT2D eigenvalue weighted by molar-refractivity contribution is 7.73. The van der Waals surface area contributed by atoms with Gasteiger partial charge in [0.05, 0.1) is 5.25 Å². The highest BCUT2D eigenvalue weighted by Crippen LogP contribution is 2.54. The van der Waals surface area contributed by atoms with Gasteiger partial charge in [0.15, 0.2) is 0 Å². The largest absolute Gasteiger partial charge is 0.232 e. The first-order valence-corrected chi connectivity index (χ1v) is 6.62. The van der Waals surface area contributed by atoms with Crippen molar-refractivity contribution in [2.45, 2.75) is 37.4 Å². The molecule has 2 nitrogen and oxygen atoms in total. The number of hydrogen-bond donors (Lipinski definition) is 1. The van der Waals surface area contributed by atoms with E-state index in [-0.39, 0.29) is 5.25 Å². The second-order valence-corrected chi connectivity index (χ2v) is 6.37. The summed E-state index contributed by atoms with van der Waals surface area (Å²) in [5, 5.41) is 0.0581.